The highest BCUT2D eigenvalue weighted by Crippen LogP contribution is 2.26. The minimum Gasteiger partial charge on any atom is -0.333 e. The number of rotatable bonds is 3. The van der Waals surface area contributed by atoms with E-state index in [0.717, 1.165) is 10.4 Å². The third-order valence-corrected chi connectivity index (χ3v) is 3.86. The average Bonchev–Trinajstić information content (AvgIpc) is 3.07. The zero-order valence-electron chi connectivity index (χ0n) is 10.2. The maximum Gasteiger partial charge on any atom is 0.268 e. The van der Waals surface area contributed by atoms with E-state index in [4.69, 9.17) is 21.4 Å². The van der Waals surface area contributed by atoms with E-state index in [1.54, 1.807) is 12.1 Å². The van der Waals surface area contributed by atoms with Gasteiger partial charge in [0, 0.05) is 11.4 Å². The molecule has 1 aromatic carbocycles. The van der Waals surface area contributed by atoms with E-state index in [1.165, 1.54) is 11.3 Å². The molecule has 3 rings (SSSR count). The van der Waals surface area contributed by atoms with Crippen LogP contribution in [0.25, 0.3) is 10.8 Å². The molecule has 0 amide bonds. The Hall–Kier alpha value is -2.16. The molecule has 20 heavy (non-hydrogen) atoms. The minimum absolute atomic E-state index is 0.438. The van der Waals surface area contributed by atoms with Gasteiger partial charge in [-0.05, 0) is 29.8 Å². The average molecular weight is 302 g/mol. The lowest BCUT2D eigenvalue weighted by Crippen LogP contribution is -1.90. The Morgan fingerprint density at radius 3 is 2.95 bits per heavy atom. The van der Waals surface area contributed by atoms with Crippen LogP contribution < -0.4 is 0 Å². The van der Waals surface area contributed by atoms with Gasteiger partial charge in [-0.15, -0.1) is 11.3 Å². The van der Waals surface area contributed by atoms with E-state index in [2.05, 4.69) is 16.2 Å². The van der Waals surface area contributed by atoms with Crippen LogP contribution in [0.2, 0.25) is 5.02 Å². The molecular weight excluding hydrogens is 294 g/mol. The Kier molecular flexibility index (Phi) is 3.50. The van der Waals surface area contributed by atoms with Gasteiger partial charge in [0.2, 0.25) is 0 Å². The molecule has 0 bridgehead atoms. The number of nitriles is 1. The van der Waals surface area contributed by atoms with Gasteiger partial charge in [0.25, 0.3) is 5.89 Å². The molecule has 0 atom stereocenters. The minimum atomic E-state index is 0.438. The second-order valence-corrected chi connectivity index (χ2v) is 5.62. The Balaban J connectivity index is 1.82. The van der Waals surface area contributed by atoms with Crippen molar-refractivity contribution < 1.29 is 4.52 Å². The normalized spacial score (nSPS) is 10.4. The van der Waals surface area contributed by atoms with Crippen molar-refractivity contribution in [2.24, 2.45) is 0 Å². The van der Waals surface area contributed by atoms with E-state index in [9.17, 15) is 0 Å². The first-order valence-corrected chi connectivity index (χ1v) is 7.01. The van der Waals surface area contributed by atoms with E-state index < -0.39 is 0 Å². The monoisotopic (exact) mass is 301 g/mol. The largest absolute Gasteiger partial charge is 0.333 e. The van der Waals surface area contributed by atoms with Crippen LogP contribution in [0, 0.1) is 11.3 Å². The summed E-state index contributed by atoms with van der Waals surface area (Å²) >= 11 is 7.27. The highest BCUT2D eigenvalue weighted by atomic mass is 35.5. The Bertz CT molecular complexity index is 788. The molecule has 0 aliphatic rings. The first kappa shape index (κ1) is 12.9. The van der Waals surface area contributed by atoms with Crippen molar-refractivity contribution in [1.82, 2.24) is 10.1 Å². The van der Waals surface area contributed by atoms with Gasteiger partial charge in [0.05, 0.1) is 4.88 Å². The summed E-state index contributed by atoms with van der Waals surface area (Å²) in [4.78, 5) is 5.75. The summed E-state index contributed by atoms with van der Waals surface area (Å²) in [6.45, 7) is 0. The zero-order chi connectivity index (χ0) is 13.9. The predicted octanol–water partition coefficient (Wildman–Crippen LogP) is 3.91. The molecule has 0 fully saturated rings. The predicted molar refractivity (Wildman–Crippen MR) is 76.6 cm³/mol. The van der Waals surface area contributed by atoms with Crippen molar-refractivity contribution in [2.75, 3.05) is 0 Å². The number of hydrogen-bond donors (Lipinski definition) is 0. The molecule has 0 N–H and O–H groups in total. The highest BCUT2D eigenvalue weighted by Gasteiger charge is 2.11. The third kappa shape index (κ3) is 2.72. The van der Waals surface area contributed by atoms with Gasteiger partial charge in [-0.2, -0.15) is 10.2 Å². The maximum atomic E-state index is 8.81. The number of hydrogen-bond acceptors (Lipinski definition) is 5. The summed E-state index contributed by atoms with van der Waals surface area (Å²) < 4.78 is 5.22. The number of benzene rings is 1. The summed E-state index contributed by atoms with van der Waals surface area (Å²) in [5, 5.41) is 13.4. The molecular formula is C14H8ClN3OS. The fraction of sp³-hybridized carbons (Fsp3) is 0.0714. The second kappa shape index (κ2) is 5.45. The number of aromatic nitrogens is 2. The van der Waals surface area contributed by atoms with Crippen LogP contribution in [0.1, 0.15) is 16.3 Å². The smallest absolute Gasteiger partial charge is 0.268 e. The molecule has 0 saturated carbocycles. The van der Waals surface area contributed by atoms with Crippen molar-refractivity contribution in [1.29, 1.82) is 5.26 Å². The number of halogens is 1. The third-order valence-electron chi connectivity index (χ3n) is 2.65. The van der Waals surface area contributed by atoms with Crippen LogP contribution in [0.3, 0.4) is 0 Å². The van der Waals surface area contributed by atoms with Crippen molar-refractivity contribution in [2.45, 2.75) is 6.42 Å². The topological polar surface area (TPSA) is 62.7 Å². The van der Waals surface area contributed by atoms with Crippen molar-refractivity contribution >= 4 is 22.9 Å². The fourth-order valence-electron chi connectivity index (χ4n) is 1.77. The van der Waals surface area contributed by atoms with E-state index >= 15 is 0 Å². The van der Waals surface area contributed by atoms with Crippen LogP contribution in [0.15, 0.2) is 40.9 Å². The summed E-state index contributed by atoms with van der Waals surface area (Å²) in [5.41, 5.74) is 1.02. The summed E-state index contributed by atoms with van der Waals surface area (Å²) in [6.07, 6.45) is 0.556. The first-order valence-electron chi connectivity index (χ1n) is 5.82. The van der Waals surface area contributed by atoms with Gasteiger partial charge in [0.15, 0.2) is 5.82 Å². The highest BCUT2D eigenvalue weighted by molar-refractivity contribution is 7.15. The zero-order valence-corrected chi connectivity index (χ0v) is 11.8. The van der Waals surface area contributed by atoms with E-state index in [-0.39, 0.29) is 0 Å². The van der Waals surface area contributed by atoms with Crippen molar-refractivity contribution in [3.05, 3.63) is 57.7 Å². The Morgan fingerprint density at radius 1 is 1.30 bits per heavy atom. The maximum absolute atomic E-state index is 8.81. The van der Waals surface area contributed by atoms with E-state index in [1.807, 2.05) is 24.3 Å². The van der Waals surface area contributed by atoms with Crippen molar-refractivity contribution in [3.63, 3.8) is 0 Å². The lowest BCUT2D eigenvalue weighted by Gasteiger charge is -1.96. The summed E-state index contributed by atoms with van der Waals surface area (Å²) in [7, 11) is 0. The molecule has 0 spiro atoms. The molecule has 0 saturated heterocycles. The molecule has 0 radical (unpaired) electrons. The van der Waals surface area contributed by atoms with Gasteiger partial charge in [-0.3, -0.25) is 0 Å². The number of thiophene rings is 1. The molecule has 0 aliphatic carbocycles. The van der Waals surface area contributed by atoms with Gasteiger partial charge < -0.3 is 4.52 Å². The van der Waals surface area contributed by atoms with Crippen LogP contribution in [-0.4, -0.2) is 10.1 Å². The standard InChI is InChI=1S/C14H8ClN3OS/c15-10-3-1-2-9(6-10)7-13-17-14(19-18-13)12-5-4-11(8-16)20-12/h1-6H,7H2. The summed E-state index contributed by atoms with van der Waals surface area (Å²) in [5.74, 6) is 1.03. The van der Waals surface area contributed by atoms with Gasteiger partial charge in [-0.1, -0.05) is 28.9 Å². The van der Waals surface area contributed by atoms with Crippen molar-refractivity contribution in [3.8, 4) is 16.8 Å². The van der Waals surface area contributed by atoms with Crippen LogP contribution in [0.4, 0.5) is 0 Å². The molecule has 2 aromatic heterocycles. The molecule has 2 heterocycles. The molecule has 98 valence electrons. The quantitative estimate of drug-likeness (QED) is 0.735. The lowest BCUT2D eigenvalue weighted by molar-refractivity contribution is 0.425. The van der Waals surface area contributed by atoms with Gasteiger partial charge >= 0.3 is 0 Å². The Labute approximate surface area is 124 Å². The van der Waals surface area contributed by atoms with Gasteiger partial charge in [-0.25, -0.2) is 0 Å². The van der Waals surface area contributed by atoms with Crippen LogP contribution in [-0.2, 0) is 6.42 Å². The fourth-order valence-corrected chi connectivity index (χ4v) is 2.71. The van der Waals surface area contributed by atoms with Crippen LogP contribution >= 0.6 is 22.9 Å². The second-order valence-electron chi connectivity index (χ2n) is 4.10. The van der Waals surface area contributed by atoms with Gasteiger partial charge in [0.1, 0.15) is 10.9 Å². The SMILES string of the molecule is N#Cc1ccc(-c2nc(Cc3cccc(Cl)c3)no2)s1. The van der Waals surface area contributed by atoms with E-state index in [0.29, 0.717) is 28.0 Å². The number of nitrogens with zero attached hydrogens (tertiary/aromatic N) is 3. The van der Waals surface area contributed by atoms with Crippen LogP contribution in [0.5, 0.6) is 0 Å². The molecule has 3 aromatic rings. The molecule has 4 nitrogen and oxygen atoms in total. The molecule has 0 aliphatic heterocycles. The first-order chi connectivity index (χ1) is 9.74. The molecule has 0 unspecified atom stereocenters. The summed E-state index contributed by atoms with van der Waals surface area (Å²) in [6, 6.07) is 13.2. The lowest BCUT2D eigenvalue weighted by atomic mass is 10.1. The molecule has 6 heteroatoms. The Morgan fingerprint density at radius 2 is 2.20 bits per heavy atom.